The lowest BCUT2D eigenvalue weighted by atomic mass is 10.1. The molecule has 0 unspecified atom stereocenters. The van der Waals surface area contributed by atoms with Gasteiger partial charge in [-0.2, -0.15) is 0 Å². The van der Waals surface area contributed by atoms with Crippen molar-refractivity contribution < 1.29 is 14.4 Å². The summed E-state index contributed by atoms with van der Waals surface area (Å²) in [5, 5.41) is 7.80. The number of carbonyl (C=O) groups excluding carboxylic acids is 3. The first kappa shape index (κ1) is 17.9. The van der Waals surface area contributed by atoms with Crippen LogP contribution < -0.4 is 16.0 Å². The summed E-state index contributed by atoms with van der Waals surface area (Å²) in [6.45, 7) is 3.89. The number of hydrogen-bond donors (Lipinski definition) is 3. The summed E-state index contributed by atoms with van der Waals surface area (Å²) >= 11 is 0. The van der Waals surface area contributed by atoms with Crippen LogP contribution in [0.1, 0.15) is 24.0 Å². The first-order valence-corrected chi connectivity index (χ1v) is 8.00. The van der Waals surface area contributed by atoms with Gasteiger partial charge in [-0.1, -0.05) is 18.2 Å². The molecule has 0 spiro atoms. The maximum Gasteiger partial charge on any atom is 0.321 e. The van der Waals surface area contributed by atoms with Crippen LogP contribution in [0.3, 0.4) is 0 Å². The predicted molar refractivity (Wildman–Crippen MR) is 91.7 cm³/mol. The van der Waals surface area contributed by atoms with E-state index in [-0.39, 0.29) is 25.0 Å². The van der Waals surface area contributed by atoms with Crippen LogP contribution in [0, 0.1) is 13.8 Å². The van der Waals surface area contributed by atoms with Crippen molar-refractivity contribution in [3.05, 3.63) is 29.3 Å². The van der Waals surface area contributed by atoms with Crippen LogP contribution in [-0.4, -0.2) is 48.9 Å². The number of likely N-dealkylation sites (N-methyl/N-ethyl adjacent to an activating group) is 1. The van der Waals surface area contributed by atoms with Crippen molar-refractivity contribution in [2.75, 3.05) is 25.5 Å². The number of nitrogens with zero attached hydrogens (tertiary/aromatic N) is 1. The second-order valence-electron chi connectivity index (χ2n) is 6.28. The fourth-order valence-electron chi connectivity index (χ4n) is 2.35. The minimum absolute atomic E-state index is 0.0295. The van der Waals surface area contributed by atoms with Gasteiger partial charge in [0.2, 0.25) is 11.8 Å². The van der Waals surface area contributed by atoms with Crippen molar-refractivity contribution in [3.63, 3.8) is 0 Å². The normalized spacial score (nSPS) is 13.5. The molecule has 24 heavy (non-hydrogen) atoms. The average molecular weight is 332 g/mol. The van der Waals surface area contributed by atoms with E-state index in [0.717, 1.165) is 29.7 Å². The van der Waals surface area contributed by atoms with Gasteiger partial charge in [-0.05, 0) is 44.9 Å². The lowest BCUT2D eigenvalue weighted by Crippen LogP contribution is -2.45. The van der Waals surface area contributed by atoms with Crippen molar-refractivity contribution in [1.29, 1.82) is 0 Å². The number of anilines is 1. The minimum Gasteiger partial charge on any atom is -0.335 e. The van der Waals surface area contributed by atoms with Crippen molar-refractivity contribution in [2.24, 2.45) is 0 Å². The quantitative estimate of drug-likeness (QED) is 0.729. The Kier molecular flexibility index (Phi) is 5.92. The number of hydrogen-bond acceptors (Lipinski definition) is 4. The fraction of sp³-hybridized carbons (Fsp3) is 0.471. The number of benzene rings is 1. The minimum atomic E-state index is -0.476. The van der Waals surface area contributed by atoms with Gasteiger partial charge in [0.15, 0.2) is 0 Å². The summed E-state index contributed by atoms with van der Waals surface area (Å²) < 4.78 is 0. The molecule has 1 aromatic rings. The molecule has 0 aliphatic heterocycles. The molecule has 0 radical (unpaired) electrons. The van der Waals surface area contributed by atoms with E-state index >= 15 is 0 Å². The van der Waals surface area contributed by atoms with Crippen LogP contribution in [-0.2, 0) is 9.59 Å². The molecule has 0 aromatic heterocycles. The Morgan fingerprint density at radius 1 is 1.08 bits per heavy atom. The van der Waals surface area contributed by atoms with Gasteiger partial charge in [-0.3, -0.25) is 19.8 Å². The number of aryl methyl sites for hydroxylation is 2. The van der Waals surface area contributed by atoms with Crippen molar-refractivity contribution in [3.8, 4) is 0 Å². The van der Waals surface area contributed by atoms with Crippen LogP contribution in [0.5, 0.6) is 0 Å². The zero-order valence-electron chi connectivity index (χ0n) is 14.3. The van der Waals surface area contributed by atoms with Crippen LogP contribution >= 0.6 is 0 Å². The fourth-order valence-corrected chi connectivity index (χ4v) is 2.35. The first-order valence-electron chi connectivity index (χ1n) is 8.00. The Bertz CT molecular complexity index is 620. The zero-order chi connectivity index (χ0) is 17.7. The van der Waals surface area contributed by atoms with E-state index < -0.39 is 11.9 Å². The molecule has 1 aliphatic carbocycles. The van der Waals surface area contributed by atoms with Crippen molar-refractivity contribution >= 4 is 23.5 Å². The second-order valence-corrected chi connectivity index (χ2v) is 6.28. The monoisotopic (exact) mass is 332 g/mol. The molecule has 0 heterocycles. The number of para-hydroxylation sites is 1. The van der Waals surface area contributed by atoms with E-state index in [2.05, 4.69) is 16.0 Å². The molecule has 0 bridgehead atoms. The third-order valence-electron chi connectivity index (χ3n) is 3.74. The van der Waals surface area contributed by atoms with Crippen molar-refractivity contribution in [1.82, 2.24) is 15.5 Å². The number of amides is 4. The number of imide groups is 1. The molecule has 2 rings (SSSR count). The van der Waals surface area contributed by atoms with Gasteiger partial charge >= 0.3 is 6.03 Å². The average Bonchev–Trinajstić information content (AvgIpc) is 3.26. The van der Waals surface area contributed by atoms with Gasteiger partial charge in [-0.25, -0.2) is 4.79 Å². The molecular weight excluding hydrogens is 308 g/mol. The topological polar surface area (TPSA) is 90.5 Å². The molecule has 7 nitrogen and oxygen atoms in total. The predicted octanol–water partition coefficient (Wildman–Crippen LogP) is 1.16. The Balaban J connectivity index is 1.76. The number of carbonyl (C=O) groups is 3. The summed E-state index contributed by atoms with van der Waals surface area (Å²) in [5.74, 6) is -0.638. The molecule has 4 amide bonds. The van der Waals surface area contributed by atoms with E-state index in [0.29, 0.717) is 0 Å². The largest absolute Gasteiger partial charge is 0.335 e. The number of rotatable bonds is 6. The Morgan fingerprint density at radius 3 is 2.25 bits per heavy atom. The smallest absolute Gasteiger partial charge is 0.321 e. The summed E-state index contributed by atoms with van der Waals surface area (Å²) in [7, 11) is 1.66. The Hall–Kier alpha value is -2.41. The van der Waals surface area contributed by atoms with Gasteiger partial charge in [0.1, 0.15) is 0 Å². The van der Waals surface area contributed by atoms with Crippen molar-refractivity contribution in [2.45, 2.75) is 32.7 Å². The molecule has 1 aliphatic rings. The van der Waals surface area contributed by atoms with Crippen LogP contribution in [0.15, 0.2) is 18.2 Å². The van der Waals surface area contributed by atoms with Gasteiger partial charge in [-0.15, -0.1) is 0 Å². The molecule has 0 saturated heterocycles. The van der Waals surface area contributed by atoms with E-state index in [1.54, 1.807) is 11.9 Å². The third-order valence-corrected chi connectivity index (χ3v) is 3.74. The standard InChI is InChI=1S/C17H24N4O3/c1-11-5-4-6-12(2)16(11)19-14(22)9-21(3)10-15(23)20-17(24)18-13-7-8-13/h4-6,13H,7-10H2,1-3H3,(H,19,22)(H2,18,20,23,24). The SMILES string of the molecule is Cc1cccc(C)c1NC(=O)CN(C)CC(=O)NC(=O)NC1CC1. The first-order chi connectivity index (χ1) is 11.3. The second kappa shape index (κ2) is 7.92. The Labute approximate surface area is 141 Å². The van der Waals surface area contributed by atoms with E-state index in [4.69, 9.17) is 0 Å². The van der Waals surface area contributed by atoms with Crippen LogP contribution in [0.4, 0.5) is 10.5 Å². The van der Waals surface area contributed by atoms with Crippen LogP contribution in [0.25, 0.3) is 0 Å². The highest BCUT2D eigenvalue weighted by atomic mass is 16.2. The number of urea groups is 1. The lowest BCUT2D eigenvalue weighted by molar-refractivity contribution is -0.122. The maximum absolute atomic E-state index is 12.1. The highest BCUT2D eigenvalue weighted by molar-refractivity contribution is 5.96. The molecule has 3 N–H and O–H groups in total. The molecule has 0 atom stereocenters. The van der Waals surface area contributed by atoms with E-state index in [9.17, 15) is 14.4 Å². The molecule has 130 valence electrons. The highest BCUT2D eigenvalue weighted by Crippen LogP contribution is 2.19. The molecule has 1 fully saturated rings. The third kappa shape index (κ3) is 5.66. The van der Waals surface area contributed by atoms with E-state index in [1.807, 2.05) is 32.0 Å². The van der Waals surface area contributed by atoms with Gasteiger partial charge < -0.3 is 10.6 Å². The summed E-state index contributed by atoms with van der Waals surface area (Å²) in [6, 6.07) is 5.51. The van der Waals surface area contributed by atoms with E-state index in [1.165, 1.54) is 0 Å². The lowest BCUT2D eigenvalue weighted by Gasteiger charge is -2.17. The highest BCUT2D eigenvalue weighted by Gasteiger charge is 2.24. The van der Waals surface area contributed by atoms with Gasteiger partial charge in [0, 0.05) is 11.7 Å². The van der Waals surface area contributed by atoms with Gasteiger partial charge in [0.05, 0.1) is 13.1 Å². The Morgan fingerprint density at radius 2 is 1.67 bits per heavy atom. The zero-order valence-corrected chi connectivity index (χ0v) is 14.3. The maximum atomic E-state index is 12.1. The molecule has 1 aromatic carbocycles. The summed E-state index contributed by atoms with van der Waals surface area (Å²) in [5.41, 5.74) is 2.77. The summed E-state index contributed by atoms with van der Waals surface area (Å²) in [6.07, 6.45) is 1.92. The number of nitrogens with one attached hydrogen (secondary N) is 3. The van der Waals surface area contributed by atoms with Crippen LogP contribution in [0.2, 0.25) is 0 Å². The molecular formula is C17H24N4O3. The molecule has 7 heteroatoms. The molecule has 1 saturated carbocycles. The summed E-state index contributed by atoms with van der Waals surface area (Å²) in [4.78, 5) is 36.9. The van der Waals surface area contributed by atoms with Gasteiger partial charge in [0.25, 0.3) is 0 Å².